The number of nitrogens with zero attached hydrogens (tertiary/aromatic N) is 3. The van der Waals surface area contributed by atoms with Crippen LogP contribution < -0.4 is 9.64 Å². The lowest BCUT2D eigenvalue weighted by molar-refractivity contribution is 0.0696. The van der Waals surface area contributed by atoms with Gasteiger partial charge in [-0.3, -0.25) is 9.69 Å². The second-order valence-corrected chi connectivity index (χ2v) is 9.07. The molecule has 5 heteroatoms. The largest absolute Gasteiger partial charge is 0.492 e. The zero-order chi connectivity index (χ0) is 22.3. The van der Waals surface area contributed by atoms with Crippen LogP contribution in [-0.4, -0.2) is 61.6 Å². The molecular weight excluding hydrogens is 398 g/mol. The van der Waals surface area contributed by atoms with E-state index in [0.717, 1.165) is 56.9 Å². The predicted molar refractivity (Wildman–Crippen MR) is 131 cm³/mol. The molecule has 32 heavy (non-hydrogen) atoms. The van der Waals surface area contributed by atoms with Crippen LogP contribution in [0.2, 0.25) is 0 Å². The third-order valence-corrected chi connectivity index (χ3v) is 6.90. The summed E-state index contributed by atoms with van der Waals surface area (Å²) in [5.74, 6) is 1.13. The molecule has 0 N–H and O–H groups in total. The van der Waals surface area contributed by atoms with E-state index in [1.165, 1.54) is 30.5 Å². The molecule has 2 fully saturated rings. The monoisotopic (exact) mass is 435 g/mol. The van der Waals surface area contributed by atoms with E-state index >= 15 is 0 Å². The van der Waals surface area contributed by atoms with E-state index in [1.807, 2.05) is 37.1 Å². The normalized spacial score (nSPS) is 17.9. The lowest BCUT2D eigenvalue weighted by Crippen LogP contribution is -2.46. The minimum Gasteiger partial charge on any atom is -0.492 e. The number of anilines is 1. The molecule has 2 aromatic rings. The summed E-state index contributed by atoms with van der Waals surface area (Å²) in [5, 5.41) is 0. The molecule has 1 aliphatic heterocycles. The molecule has 0 atom stereocenters. The van der Waals surface area contributed by atoms with Crippen molar-refractivity contribution in [2.24, 2.45) is 0 Å². The van der Waals surface area contributed by atoms with Gasteiger partial charge in [-0.15, -0.1) is 0 Å². The summed E-state index contributed by atoms with van der Waals surface area (Å²) in [6, 6.07) is 17.0. The fourth-order valence-corrected chi connectivity index (χ4v) is 5.04. The lowest BCUT2D eigenvalue weighted by Gasteiger charge is -2.36. The van der Waals surface area contributed by atoms with Gasteiger partial charge >= 0.3 is 0 Å². The Kier molecular flexibility index (Phi) is 7.69. The van der Waals surface area contributed by atoms with Crippen molar-refractivity contribution in [3.63, 3.8) is 0 Å². The van der Waals surface area contributed by atoms with Crippen LogP contribution in [0.5, 0.6) is 5.75 Å². The fraction of sp³-hybridized carbons (Fsp3) is 0.519. The maximum atomic E-state index is 13.1. The summed E-state index contributed by atoms with van der Waals surface area (Å²) >= 11 is 0. The zero-order valence-corrected chi connectivity index (χ0v) is 19.6. The molecule has 0 radical (unpaired) electrons. The third kappa shape index (κ3) is 5.44. The first-order valence-corrected chi connectivity index (χ1v) is 12.2. The molecule has 5 nitrogen and oxygen atoms in total. The van der Waals surface area contributed by atoms with Crippen LogP contribution >= 0.6 is 0 Å². The second-order valence-electron chi connectivity index (χ2n) is 9.07. The van der Waals surface area contributed by atoms with Gasteiger partial charge in [-0.2, -0.15) is 0 Å². The smallest absolute Gasteiger partial charge is 0.253 e. The first kappa shape index (κ1) is 22.7. The Morgan fingerprint density at radius 3 is 2.50 bits per heavy atom. The Morgan fingerprint density at radius 2 is 1.75 bits per heavy atom. The van der Waals surface area contributed by atoms with E-state index in [-0.39, 0.29) is 5.91 Å². The van der Waals surface area contributed by atoms with Gasteiger partial charge in [-0.05, 0) is 49.6 Å². The minimum atomic E-state index is 0.163. The van der Waals surface area contributed by atoms with Gasteiger partial charge in [0, 0.05) is 51.4 Å². The average molecular weight is 436 g/mol. The average Bonchev–Trinajstić information content (AvgIpc) is 2.85. The van der Waals surface area contributed by atoms with Crippen molar-refractivity contribution in [3.05, 3.63) is 59.7 Å². The lowest BCUT2D eigenvalue weighted by atomic mass is 9.94. The molecule has 1 aliphatic carbocycles. The van der Waals surface area contributed by atoms with Crippen LogP contribution in [0.15, 0.2) is 48.5 Å². The Labute approximate surface area is 193 Å². The number of ether oxygens (including phenoxy) is 1. The quantitative estimate of drug-likeness (QED) is 0.625. The van der Waals surface area contributed by atoms with Crippen LogP contribution in [-0.2, 0) is 6.54 Å². The minimum absolute atomic E-state index is 0.163. The molecule has 0 bridgehead atoms. The number of benzene rings is 2. The molecule has 2 aliphatic rings. The topological polar surface area (TPSA) is 36.0 Å². The number of hydrogen-bond donors (Lipinski definition) is 0. The summed E-state index contributed by atoms with van der Waals surface area (Å²) in [4.78, 5) is 19.9. The van der Waals surface area contributed by atoms with Crippen LogP contribution in [0.4, 0.5) is 5.69 Å². The van der Waals surface area contributed by atoms with Crippen LogP contribution in [0.25, 0.3) is 0 Å². The van der Waals surface area contributed by atoms with E-state index in [9.17, 15) is 4.79 Å². The zero-order valence-electron chi connectivity index (χ0n) is 19.6. The summed E-state index contributed by atoms with van der Waals surface area (Å²) in [6.07, 6.45) is 6.06. The van der Waals surface area contributed by atoms with Crippen molar-refractivity contribution in [3.8, 4) is 5.75 Å². The molecular formula is C27H37N3O2. The van der Waals surface area contributed by atoms with E-state index in [0.29, 0.717) is 12.6 Å². The molecule has 172 valence electrons. The third-order valence-electron chi connectivity index (χ3n) is 6.90. The summed E-state index contributed by atoms with van der Waals surface area (Å²) in [7, 11) is 1.98. The fourth-order valence-electron chi connectivity index (χ4n) is 5.04. The highest BCUT2D eigenvalue weighted by molar-refractivity contribution is 5.94. The van der Waals surface area contributed by atoms with Gasteiger partial charge in [-0.1, -0.05) is 43.5 Å². The van der Waals surface area contributed by atoms with Crippen LogP contribution in [0.3, 0.4) is 0 Å². The van der Waals surface area contributed by atoms with Crippen molar-refractivity contribution in [1.29, 1.82) is 0 Å². The number of piperazine rings is 1. The van der Waals surface area contributed by atoms with Gasteiger partial charge in [0.25, 0.3) is 5.91 Å². The highest BCUT2D eigenvalue weighted by Crippen LogP contribution is 2.29. The predicted octanol–water partition coefficient (Wildman–Crippen LogP) is 4.81. The van der Waals surface area contributed by atoms with Gasteiger partial charge in [0.2, 0.25) is 0 Å². The van der Waals surface area contributed by atoms with Crippen molar-refractivity contribution in [2.75, 3.05) is 44.7 Å². The molecule has 1 saturated heterocycles. The number of amides is 1. The molecule has 1 amide bonds. The highest BCUT2D eigenvalue weighted by Gasteiger charge is 2.24. The van der Waals surface area contributed by atoms with E-state index in [4.69, 9.17) is 4.74 Å². The van der Waals surface area contributed by atoms with Crippen LogP contribution in [0, 0.1) is 0 Å². The first-order valence-electron chi connectivity index (χ1n) is 12.2. The number of carbonyl (C=O) groups is 1. The van der Waals surface area contributed by atoms with Crippen molar-refractivity contribution < 1.29 is 9.53 Å². The highest BCUT2D eigenvalue weighted by atomic mass is 16.5. The summed E-state index contributed by atoms with van der Waals surface area (Å²) in [6.45, 7) is 7.55. The SMILES string of the molecule is CCOc1ccccc1N1CCN(Cc2cccc(C(=O)N(C)C3CCCCC3)c2)CC1. The number of hydrogen-bond acceptors (Lipinski definition) is 4. The van der Waals surface area contributed by atoms with Crippen molar-refractivity contribution in [1.82, 2.24) is 9.80 Å². The Hall–Kier alpha value is -2.53. The van der Waals surface area contributed by atoms with E-state index < -0.39 is 0 Å². The molecule has 1 saturated carbocycles. The van der Waals surface area contributed by atoms with E-state index in [2.05, 4.69) is 40.1 Å². The summed E-state index contributed by atoms with van der Waals surface area (Å²) < 4.78 is 5.82. The Morgan fingerprint density at radius 1 is 1.00 bits per heavy atom. The number of carbonyl (C=O) groups excluding carboxylic acids is 1. The molecule has 0 spiro atoms. The van der Waals surface area contributed by atoms with Gasteiger partial charge in [0.05, 0.1) is 12.3 Å². The molecule has 0 unspecified atom stereocenters. The molecule has 1 heterocycles. The van der Waals surface area contributed by atoms with Gasteiger partial charge < -0.3 is 14.5 Å². The number of para-hydroxylation sites is 2. The Bertz CT molecular complexity index is 886. The van der Waals surface area contributed by atoms with Gasteiger partial charge in [-0.25, -0.2) is 0 Å². The first-order chi connectivity index (χ1) is 15.7. The van der Waals surface area contributed by atoms with Crippen LogP contribution in [0.1, 0.15) is 54.9 Å². The molecule has 4 rings (SSSR count). The maximum Gasteiger partial charge on any atom is 0.253 e. The molecule has 0 aromatic heterocycles. The van der Waals surface area contributed by atoms with Gasteiger partial charge in [0.1, 0.15) is 5.75 Å². The molecule has 2 aromatic carbocycles. The second kappa shape index (κ2) is 10.9. The van der Waals surface area contributed by atoms with E-state index in [1.54, 1.807) is 0 Å². The Balaban J connectivity index is 1.34. The van der Waals surface area contributed by atoms with Gasteiger partial charge in [0.15, 0.2) is 0 Å². The standard InChI is InChI=1S/C27H37N3O2/c1-3-32-26-15-8-7-14-25(26)30-18-16-29(17-19-30)21-22-10-9-11-23(20-22)27(31)28(2)24-12-5-4-6-13-24/h7-11,14-15,20,24H,3-6,12-13,16-19,21H2,1-2H3. The van der Waals surface area contributed by atoms with Crippen molar-refractivity contribution in [2.45, 2.75) is 51.6 Å². The maximum absolute atomic E-state index is 13.1. The van der Waals surface area contributed by atoms with Crippen molar-refractivity contribution >= 4 is 11.6 Å². The summed E-state index contributed by atoms with van der Waals surface area (Å²) in [5.41, 5.74) is 3.23. The number of rotatable bonds is 7.